The van der Waals surface area contributed by atoms with Gasteiger partial charge >= 0.3 is 35.6 Å². The molecule has 1 aliphatic rings. The molecule has 1 N–H and O–H groups in total. The topological polar surface area (TPSA) is 112 Å². The second-order valence-corrected chi connectivity index (χ2v) is 5.72. The minimum Gasteiger partial charge on any atom is -1.00 e. The Morgan fingerprint density at radius 3 is 2.14 bits per heavy atom. The van der Waals surface area contributed by atoms with E-state index in [9.17, 15) is 22.8 Å². The van der Waals surface area contributed by atoms with Gasteiger partial charge in [0.1, 0.15) is 6.42 Å². The van der Waals surface area contributed by atoms with Gasteiger partial charge in [0.05, 0.1) is 10.6 Å². The molecule has 0 saturated carbocycles. The van der Waals surface area contributed by atoms with Crippen LogP contribution in [0.5, 0.6) is 0 Å². The zero-order valence-electron chi connectivity index (χ0n) is 13.0. The standard InChI is InChI=1S/C12H12N2O6S.Na.H/c1-2-13-10(15)7-11(16)14(12(13)17)8-3-5-9(6-4-8)21(18,19)20;;/h3-6H,2,7H2,1H3,(H,18,19,20);;/q;+1;-1. The van der Waals surface area contributed by atoms with Crippen molar-refractivity contribution in [3.8, 4) is 0 Å². The maximum Gasteiger partial charge on any atom is 1.00 e. The van der Waals surface area contributed by atoms with E-state index in [1.165, 1.54) is 12.1 Å². The Balaban J connectivity index is 0.00000242. The number of carbonyl (C=O) groups is 3. The van der Waals surface area contributed by atoms with Crippen molar-refractivity contribution in [1.29, 1.82) is 0 Å². The van der Waals surface area contributed by atoms with E-state index in [4.69, 9.17) is 4.55 Å². The Morgan fingerprint density at radius 1 is 1.14 bits per heavy atom. The van der Waals surface area contributed by atoms with Crippen molar-refractivity contribution < 1.29 is 58.3 Å². The number of nitrogens with zero attached hydrogens (tertiary/aromatic N) is 2. The number of anilines is 1. The fourth-order valence-corrected chi connectivity index (χ4v) is 2.45. The fourth-order valence-electron chi connectivity index (χ4n) is 1.97. The number of rotatable bonds is 3. The first-order valence-corrected chi connectivity index (χ1v) is 7.44. The maximum atomic E-state index is 12.1. The molecule has 0 atom stereocenters. The van der Waals surface area contributed by atoms with E-state index in [0.717, 1.165) is 21.9 Å². The maximum absolute atomic E-state index is 12.1. The minimum absolute atomic E-state index is 0. The molecule has 10 heteroatoms. The van der Waals surface area contributed by atoms with E-state index < -0.39 is 34.4 Å². The molecule has 1 heterocycles. The monoisotopic (exact) mass is 336 g/mol. The Hall–Kier alpha value is -1.26. The summed E-state index contributed by atoms with van der Waals surface area (Å²) in [5.74, 6) is -1.26. The fraction of sp³-hybridized carbons (Fsp3) is 0.250. The second-order valence-electron chi connectivity index (χ2n) is 4.30. The summed E-state index contributed by atoms with van der Waals surface area (Å²) in [7, 11) is -4.35. The van der Waals surface area contributed by atoms with Gasteiger partial charge in [0, 0.05) is 6.54 Å². The largest absolute Gasteiger partial charge is 1.00 e. The van der Waals surface area contributed by atoms with Crippen molar-refractivity contribution in [3.05, 3.63) is 24.3 Å². The average molecular weight is 336 g/mol. The number of benzene rings is 1. The number of imide groups is 2. The molecule has 1 aromatic rings. The van der Waals surface area contributed by atoms with Crippen molar-refractivity contribution >= 4 is 33.7 Å². The Morgan fingerprint density at radius 2 is 1.68 bits per heavy atom. The third-order valence-corrected chi connectivity index (χ3v) is 3.85. The van der Waals surface area contributed by atoms with Crippen LogP contribution in [0, 0.1) is 0 Å². The zero-order chi connectivity index (χ0) is 15.8. The van der Waals surface area contributed by atoms with Crippen LogP contribution in [-0.2, 0) is 19.7 Å². The first-order chi connectivity index (χ1) is 9.75. The summed E-state index contributed by atoms with van der Waals surface area (Å²) in [6.45, 7) is 1.73. The first kappa shape index (κ1) is 18.8. The van der Waals surface area contributed by atoms with Gasteiger partial charge in [0.2, 0.25) is 11.8 Å². The Bertz CT molecular complexity index is 722. The van der Waals surface area contributed by atoms with Crippen LogP contribution in [-0.4, -0.2) is 42.3 Å². The number of carbonyl (C=O) groups excluding carboxylic acids is 3. The quantitative estimate of drug-likeness (QED) is 0.379. The molecule has 22 heavy (non-hydrogen) atoms. The van der Waals surface area contributed by atoms with Crippen LogP contribution < -0.4 is 34.5 Å². The van der Waals surface area contributed by atoms with Crippen LogP contribution in [0.3, 0.4) is 0 Å². The second kappa shape index (κ2) is 6.88. The van der Waals surface area contributed by atoms with Gasteiger partial charge in [-0.05, 0) is 31.2 Å². The predicted molar refractivity (Wildman–Crippen MR) is 72.3 cm³/mol. The van der Waals surface area contributed by atoms with Crippen LogP contribution >= 0.6 is 0 Å². The number of hydrogen-bond donors (Lipinski definition) is 1. The van der Waals surface area contributed by atoms with Gasteiger partial charge in [-0.15, -0.1) is 0 Å². The summed E-state index contributed by atoms with van der Waals surface area (Å²) >= 11 is 0. The van der Waals surface area contributed by atoms with Gasteiger partial charge in [0.25, 0.3) is 10.1 Å². The molecule has 0 aliphatic carbocycles. The van der Waals surface area contributed by atoms with Crippen molar-refractivity contribution in [3.63, 3.8) is 0 Å². The number of hydrogen-bond acceptors (Lipinski definition) is 5. The molecule has 2 rings (SSSR count). The molecular weight excluding hydrogens is 323 g/mol. The van der Waals surface area contributed by atoms with E-state index in [1.807, 2.05) is 0 Å². The number of urea groups is 1. The molecule has 0 spiro atoms. The van der Waals surface area contributed by atoms with Crippen LogP contribution in [0.25, 0.3) is 0 Å². The molecule has 114 valence electrons. The van der Waals surface area contributed by atoms with Gasteiger partial charge in [-0.3, -0.25) is 19.0 Å². The third kappa shape index (κ3) is 3.55. The summed E-state index contributed by atoms with van der Waals surface area (Å²) in [5.41, 5.74) is 0.128. The smallest absolute Gasteiger partial charge is 1.00 e. The summed E-state index contributed by atoms with van der Waals surface area (Å²) in [4.78, 5) is 36.9. The Labute approximate surface area is 150 Å². The normalized spacial score (nSPS) is 15.8. The summed E-state index contributed by atoms with van der Waals surface area (Å²) in [5, 5.41) is 0. The Kier molecular flexibility index (Phi) is 5.88. The van der Waals surface area contributed by atoms with E-state index in [0.29, 0.717) is 0 Å². The molecule has 1 fully saturated rings. The van der Waals surface area contributed by atoms with Gasteiger partial charge < -0.3 is 1.43 Å². The molecule has 1 saturated heterocycles. The number of barbiturate groups is 1. The molecule has 0 radical (unpaired) electrons. The van der Waals surface area contributed by atoms with Crippen LogP contribution in [0.1, 0.15) is 14.8 Å². The van der Waals surface area contributed by atoms with Crippen LogP contribution in [0.15, 0.2) is 29.2 Å². The van der Waals surface area contributed by atoms with E-state index in [2.05, 4.69) is 0 Å². The molecule has 0 bridgehead atoms. The number of amides is 4. The van der Waals surface area contributed by atoms with Crippen molar-refractivity contribution in [2.75, 3.05) is 11.4 Å². The van der Waals surface area contributed by atoms with Gasteiger partial charge in [-0.1, -0.05) is 0 Å². The minimum atomic E-state index is -4.35. The van der Waals surface area contributed by atoms with Crippen molar-refractivity contribution in [2.45, 2.75) is 18.2 Å². The molecular formula is C12H13N2NaO6S. The van der Waals surface area contributed by atoms with Gasteiger partial charge in [0.15, 0.2) is 0 Å². The average Bonchev–Trinajstić information content (AvgIpc) is 2.38. The van der Waals surface area contributed by atoms with Crippen LogP contribution in [0.2, 0.25) is 0 Å². The summed E-state index contributed by atoms with van der Waals surface area (Å²) in [6, 6.07) is 3.78. The summed E-state index contributed by atoms with van der Waals surface area (Å²) in [6.07, 6.45) is -0.431. The first-order valence-electron chi connectivity index (χ1n) is 6.00. The zero-order valence-corrected chi connectivity index (χ0v) is 14.8. The van der Waals surface area contributed by atoms with E-state index in [-0.39, 0.29) is 48.1 Å². The molecule has 8 nitrogen and oxygen atoms in total. The third-order valence-electron chi connectivity index (χ3n) is 2.98. The summed E-state index contributed by atoms with van der Waals surface area (Å²) < 4.78 is 30.8. The predicted octanol–water partition coefficient (Wildman–Crippen LogP) is -2.24. The van der Waals surface area contributed by atoms with E-state index in [1.54, 1.807) is 6.92 Å². The molecule has 1 aliphatic heterocycles. The van der Waals surface area contributed by atoms with Crippen molar-refractivity contribution in [2.24, 2.45) is 0 Å². The van der Waals surface area contributed by atoms with Crippen molar-refractivity contribution in [1.82, 2.24) is 4.90 Å². The van der Waals surface area contributed by atoms with Crippen LogP contribution in [0.4, 0.5) is 10.5 Å². The molecule has 1 aromatic carbocycles. The van der Waals surface area contributed by atoms with Gasteiger partial charge in [-0.2, -0.15) is 8.42 Å². The van der Waals surface area contributed by atoms with Gasteiger partial charge in [-0.25, -0.2) is 9.69 Å². The molecule has 0 unspecified atom stereocenters. The molecule has 0 aromatic heterocycles. The molecule has 4 amide bonds. The SMILES string of the molecule is CCN1C(=O)CC(=O)N(c2ccc(S(=O)(=O)O)cc2)C1=O.[H-].[Na+]. The van der Waals surface area contributed by atoms with E-state index >= 15 is 0 Å².